The summed E-state index contributed by atoms with van der Waals surface area (Å²) >= 11 is 0. The molecule has 1 atom stereocenters. The number of carbonyl (C=O) groups excluding carboxylic acids is 1. The van der Waals surface area contributed by atoms with Crippen LogP contribution in [0.1, 0.15) is 34.9 Å². The summed E-state index contributed by atoms with van der Waals surface area (Å²) in [5.74, 6) is 2.81. The lowest BCUT2D eigenvalue weighted by atomic mass is 9.96. The van der Waals surface area contributed by atoms with Gasteiger partial charge in [-0.3, -0.25) is 4.79 Å². The molecule has 1 aliphatic rings. The second-order valence-corrected chi connectivity index (χ2v) is 6.93. The first kappa shape index (κ1) is 17.3. The lowest BCUT2D eigenvalue weighted by Crippen LogP contribution is -2.39. The van der Waals surface area contributed by atoms with E-state index in [4.69, 9.17) is 4.74 Å². The summed E-state index contributed by atoms with van der Waals surface area (Å²) in [6.45, 7) is 1.48. The molecule has 0 radical (unpaired) electrons. The first-order chi connectivity index (χ1) is 13.2. The summed E-state index contributed by atoms with van der Waals surface area (Å²) in [5, 5.41) is 0. The number of nitrogens with zero attached hydrogens (tertiary/aromatic N) is 3. The van der Waals surface area contributed by atoms with Gasteiger partial charge in [0.25, 0.3) is 5.91 Å². The minimum absolute atomic E-state index is 0.0485. The Morgan fingerprint density at radius 1 is 1.11 bits per heavy atom. The highest BCUT2D eigenvalue weighted by molar-refractivity contribution is 5.94. The van der Waals surface area contributed by atoms with Crippen molar-refractivity contribution >= 4 is 5.91 Å². The molecule has 0 spiro atoms. The fourth-order valence-corrected chi connectivity index (χ4v) is 3.64. The van der Waals surface area contributed by atoms with Gasteiger partial charge >= 0.3 is 0 Å². The topological polar surface area (TPSA) is 47.4 Å². The normalized spacial score (nSPS) is 16.9. The largest absolute Gasteiger partial charge is 0.457 e. The number of amides is 1. The number of para-hydroxylation sites is 1. The van der Waals surface area contributed by atoms with E-state index < -0.39 is 0 Å². The van der Waals surface area contributed by atoms with Gasteiger partial charge in [0.2, 0.25) is 0 Å². The maximum absolute atomic E-state index is 13.0. The van der Waals surface area contributed by atoms with Crippen LogP contribution in [0.3, 0.4) is 0 Å². The van der Waals surface area contributed by atoms with Crippen molar-refractivity contribution < 1.29 is 9.53 Å². The molecular formula is C22H23N3O2. The second kappa shape index (κ2) is 7.66. The Kier molecular flexibility index (Phi) is 4.92. The maximum atomic E-state index is 13.0. The molecular weight excluding hydrogens is 338 g/mol. The molecule has 4 rings (SSSR count). The third kappa shape index (κ3) is 3.87. The van der Waals surface area contributed by atoms with Gasteiger partial charge in [-0.25, -0.2) is 4.98 Å². The Bertz CT molecular complexity index is 920. The fourth-order valence-electron chi connectivity index (χ4n) is 3.64. The van der Waals surface area contributed by atoms with E-state index in [1.54, 1.807) is 0 Å². The Balaban J connectivity index is 1.49. The third-order valence-corrected chi connectivity index (χ3v) is 4.99. The smallest absolute Gasteiger partial charge is 0.254 e. The van der Waals surface area contributed by atoms with E-state index in [2.05, 4.69) is 4.98 Å². The molecule has 1 saturated heterocycles. The highest BCUT2D eigenvalue weighted by atomic mass is 16.5. The SMILES string of the molecule is Cn1ccnc1[C@@H]1CCCN(C(=O)c2cccc(Oc3ccccc3)c2)C1. The number of likely N-dealkylation sites (tertiary alicyclic amines) is 1. The van der Waals surface area contributed by atoms with Crippen LogP contribution < -0.4 is 4.74 Å². The van der Waals surface area contributed by atoms with Crippen molar-refractivity contribution in [3.63, 3.8) is 0 Å². The molecule has 0 bridgehead atoms. The van der Waals surface area contributed by atoms with Crippen LogP contribution in [0.5, 0.6) is 11.5 Å². The van der Waals surface area contributed by atoms with Gasteiger partial charge in [-0.15, -0.1) is 0 Å². The van der Waals surface area contributed by atoms with E-state index in [0.29, 0.717) is 17.9 Å². The summed E-state index contributed by atoms with van der Waals surface area (Å²) in [6.07, 6.45) is 5.83. The van der Waals surface area contributed by atoms with Gasteiger partial charge < -0.3 is 14.2 Å². The molecule has 2 heterocycles. The molecule has 3 aromatic rings. The molecule has 138 valence electrons. The van der Waals surface area contributed by atoms with Crippen molar-refractivity contribution in [1.82, 2.24) is 14.5 Å². The first-order valence-corrected chi connectivity index (χ1v) is 9.30. The number of piperidine rings is 1. The zero-order valence-corrected chi connectivity index (χ0v) is 15.4. The standard InChI is InChI=1S/C22H23N3O2/c1-24-14-12-23-21(24)18-8-6-13-25(16-18)22(26)17-7-5-11-20(15-17)27-19-9-3-2-4-10-19/h2-5,7,9-12,14-15,18H,6,8,13,16H2,1H3/t18-/m1/s1. The number of ether oxygens (including phenoxy) is 1. The van der Waals surface area contributed by atoms with Crippen LogP contribution in [0.15, 0.2) is 67.0 Å². The van der Waals surface area contributed by atoms with Gasteiger partial charge in [0.1, 0.15) is 17.3 Å². The monoisotopic (exact) mass is 361 g/mol. The highest BCUT2D eigenvalue weighted by Crippen LogP contribution is 2.27. The van der Waals surface area contributed by atoms with Gasteiger partial charge in [-0.05, 0) is 43.2 Å². The quantitative estimate of drug-likeness (QED) is 0.699. The summed E-state index contributed by atoms with van der Waals surface area (Å²) in [5.41, 5.74) is 0.656. The van der Waals surface area contributed by atoms with Crippen LogP contribution in [0.25, 0.3) is 0 Å². The maximum Gasteiger partial charge on any atom is 0.254 e. The van der Waals surface area contributed by atoms with Crippen molar-refractivity contribution in [2.45, 2.75) is 18.8 Å². The number of hydrogen-bond donors (Lipinski definition) is 0. The van der Waals surface area contributed by atoms with Crippen molar-refractivity contribution in [1.29, 1.82) is 0 Å². The number of hydrogen-bond acceptors (Lipinski definition) is 3. The van der Waals surface area contributed by atoms with Gasteiger partial charge in [-0.2, -0.15) is 0 Å². The number of aryl methyl sites for hydroxylation is 1. The van der Waals surface area contributed by atoms with E-state index in [1.165, 1.54) is 0 Å². The zero-order chi connectivity index (χ0) is 18.6. The highest BCUT2D eigenvalue weighted by Gasteiger charge is 2.27. The van der Waals surface area contributed by atoms with E-state index in [-0.39, 0.29) is 11.8 Å². The Morgan fingerprint density at radius 2 is 1.93 bits per heavy atom. The molecule has 1 aromatic heterocycles. The van der Waals surface area contributed by atoms with Crippen LogP contribution in [0, 0.1) is 0 Å². The lowest BCUT2D eigenvalue weighted by molar-refractivity contribution is 0.0703. The average Bonchev–Trinajstić information content (AvgIpc) is 3.14. The predicted molar refractivity (Wildman–Crippen MR) is 104 cm³/mol. The van der Waals surface area contributed by atoms with Crippen molar-refractivity contribution in [2.75, 3.05) is 13.1 Å². The molecule has 0 aliphatic carbocycles. The number of imidazole rings is 1. The van der Waals surface area contributed by atoms with Crippen LogP contribution >= 0.6 is 0 Å². The van der Waals surface area contributed by atoms with Gasteiger partial charge in [0.15, 0.2) is 0 Å². The average molecular weight is 361 g/mol. The predicted octanol–water partition coefficient (Wildman–Crippen LogP) is 4.23. The van der Waals surface area contributed by atoms with Crippen molar-refractivity contribution in [3.05, 3.63) is 78.4 Å². The third-order valence-electron chi connectivity index (χ3n) is 4.99. The lowest BCUT2D eigenvalue weighted by Gasteiger charge is -2.32. The number of benzene rings is 2. The minimum atomic E-state index is 0.0485. The second-order valence-electron chi connectivity index (χ2n) is 6.93. The summed E-state index contributed by atoms with van der Waals surface area (Å²) < 4.78 is 7.92. The molecule has 1 amide bonds. The number of carbonyl (C=O) groups is 1. The van der Waals surface area contributed by atoms with Gasteiger partial charge in [-0.1, -0.05) is 24.3 Å². The molecule has 5 nitrogen and oxygen atoms in total. The fraction of sp³-hybridized carbons (Fsp3) is 0.273. The van der Waals surface area contributed by atoms with E-state index in [1.807, 2.05) is 83.5 Å². The summed E-state index contributed by atoms with van der Waals surface area (Å²) in [7, 11) is 2.01. The first-order valence-electron chi connectivity index (χ1n) is 9.30. The molecule has 0 unspecified atom stereocenters. The molecule has 1 fully saturated rings. The van der Waals surface area contributed by atoms with Crippen LogP contribution in [0.4, 0.5) is 0 Å². The zero-order valence-electron chi connectivity index (χ0n) is 15.4. The number of aromatic nitrogens is 2. The summed E-state index contributed by atoms with van der Waals surface area (Å²) in [6, 6.07) is 17.0. The van der Waals surface area contributed by atoms with Gasteiger partial charge in [0.05, 0.1) is 0 Å². The summed E-state index contributed by atoms with van der Waals surface area (Å²) in [4.78, 5) is 19.5. The Morgan fingerprint density at radius 3 is 2.70 bits per heavy atom. The molecule has 0 N–H and O–H groups in total. The van der Waals surface area contributed by atoms with Crippen molar-refractivity contribution in [3.8, 4) is 11.5 Å². The van der Waals surface area contributed by atoms with Crippen LogP contribution in [0.2, 0.25) is 0 Å². The van der Waals surface area contributed by atoms with E-state index in [9.17, 15) is 4.79 Å². The van der Waals surface area contributed by atoms with Crippen LogP contribution in [-0.2, 0) is 7.05 Å². The number of rotatable bonds is 4. The molecule has 5 heteroatoms. The molecule has 1 aliphatic heterocycles. The minimum Gasteiger partial charge on any atom is -0.457 e. The molecule has 27 heavy (non-hydrogen) atoms. The van der Waals surface area contributed by atoms with Crippen molar-refractivity contribution in [2.24, 2.45) is 7.05 Å². The van der Waals surface area contributed by atoms with E-state index in [0.717, 1.165) is 31.0 Å². The van der Waals surface area contributed by atoms with Gasteiger partial charge in [0, 0.05) is 44.0 Å². The Labute approximate surface area is 159 Å². The molecule has 0 saturated carbocycles. The van der Waals surface area contributed by atoms with E-state index >= 15 is 0 Å². The Hall–Kier alpha value is -3.08. The van der Waals surface area contributed by atoms with Crippen LogP contribution in [-0.4, -0.2) is 33.4 Å². The molecule has 2 aromatic carbocycles.